The van der Waals surface area contributed by atoms with E-state index >= 15 is 0 Å². The molecule has 0 amide bonds. The van der Waals surface area contributed by atoms with Gasteiger partial charge in [0.2, 0.25) is 0 Å². The molecule has 1 aliphatic heterocycles. The van der Waals surface area contributed by atoms with Crippen molar-refractivity contribution >= 4 is 78.2 Å². The second-order valence-corrected chi connectivity index (χ2v) is 17.0. The van der Waals surface area contributed by atoms with Crippen LogP contribution in [0.15, 0.2) is 217 Å². The summed E-state index contributed by atoms with van der Waals surface area (Å²) < 4.78 is 28.2. The van der Waals surface area contributed by atoms with Crippen molar-refractivity contribution in [2.24, 2.45) is 0 Å². The largest absolute Gasteiger partial charge is 0.308 e. The molecule has 0 fully saturated rings. The molecule has 3 heterocycles. The number of hydrogen-bond donors (Lipinski definition) is 0. The minimum Gasteiger partial charge on any atom is -0.308 e. The molecule has 11 aromatic rings. The molecule has 0 radical (unpaired) electrons. The first kappa shape index (κ1) is 38.4. The first-order chi connectivity index (χ1) is 32.0. The van der Waals surface area contributed by atoms with E-state index < -0.39 is 0 Å². The van der Waals surface area contributed by atoms with E-state index in [1.807, 2.05) is 58.9 Å². The van der Waals surface area contributed by atoms with Crippen LogP contribution in [0.2, 0.25) is 0 Å². The van der Waals surface area contributed by atoms with Gasteiger partial charge in [0.05, 0.1) is 36.2 Å². The first-order valence-corrected chi connectivity index (χ1v) is 21.9. The lowest BCUT2D eigenvalue weighted by molar-refractivity contribution is 0.627. The van der Waals surface area contributed by atoms with Crippen LogP contribution < -0.4 is 9.80 Å². The monoisotopic (exact) mass is 860 g/mol. The third-order valence-corrected chi connectivity index (χ3v) is 13.1. The lowest BCUT2D eigenvalue weighted by atomic mass is 9.93. The summed E-state index contributed by atoms with van der Waals surface area (Å²) in [5.41, 5.74) is 9.05. The molecule has 308 valence electrons. The molecule has 0 bridgehead atoms. The van der Waals surface area contributed by atoms with Crippen molar-refractivity contribution in [2.45, 2.75) is 9.79 Å². The van der Waals surface area contributed by atoms with Crippen molar-refractivity contribution in [1.29, 1.82) is 0 Å². The number of aromatic nitrogens is 4. The van der Waals surface area contributed by atoms with E-state index in [9.17, 15) is 8.78 Å². The normalized spacial score (nSPS) is 11.8. The molecule has 9 heteroatoms. The van der Waals surface area contributed by atoms with Crippen LogP contribution in [0.1, 0.15) is 0 Å². The zero-order valence-corrected chi connectivity index (χ0v) is 35.3. The summed E-state index contributed by atoms with van der Waals surface area (Å²) in [5, 5.41) is 6.69. The number of nitrogens with zero attached hydrogens (tertiary/aromatic N) is 6. The molecule has 65 heavy (non-hydrogen) atoms. The number of rotatable bonds is 8. The quantitative estimate of drug-likeness (QED) is 0.151. The molecule has 0 saturated heterocycles. The van der Waals surface area contributed by atoms with Gasteiger partial charge in [-0.25, -0.2) is 28.7 Å². The molecule has 6 nitrogen and oxygen atoms in total. The smallest absolute Gasteiger partial charge is 0.159 e. The van der Waals surface area contributed by atoms with E-state index in [0.29, 0.717) is 11.6 Å². The summed E-state index contributed by atoms with van der Waals surface area (Å²) in [6.45, 7) is 0. The van der Waals surface area contributed by atoms with Crippen molar-refractivity contribution in [2.75, 3.05) is 9.80 Å². The number of hydrogen-bond acceptors (Lipinski definition) is 7. The summed E-state index contributed by atoms with van der Waals surface area (Å²) in [6.07, 6.45) is 7.31. The second kappa shape index (κ2) is 15.8. The van der Waals surface area contributed by atoms with Gasteiger partial charge in [-0.15, -0.1) is 0 Å². The van der Waals surface area contributed by atoms with E-state index in [1.54, 1.807) is 36.0 Å². The molecule has 9 aromatic carbocycles. The van der Waals surface area contributed by atoms with Crippen LogP contribution >= 0.6 is 11.8 Å². The fourth-order valence-corrected chi connectivity index (χ4v) is 10.0. The van der Waals surface area contributed by atoms with Gasteiger partial charge in [-0.05, 0) is 129 Å². The summed E-state index contributed by atoms with van der Waals surface area (Å²) in [6, 6.07) is 59.0. The van der Waals surface area contributed by atoms with Gasteiger partial charge in [-0.1, -0.05) is 103 Å². The molecule has 0 spiro atoms. The fraction of sp³-hybridized carbons (Fsp3) is 0. The van der Waals surface area contributed by atoms with Gasteiger partial charge in [0, 0.05) is 49.1 Å². The SMILES string of the molecule is Fc1ccc(N(c2cnc(-c3ccc4c(c3)Sc3cccc5c(-c6ncc(N(c7ccc(F)cc7)c7ccc8ccccc8c7)cn6)ccc-4c35)nc2)c2ccc3ccccc3c2)cc1. The van der Waals surface area contributed by atoms with Crippen LogP contribution in [0, 0.1) is 11.6 Å². The minimum absolute atomic E-state index is 0.298. The summed E-state index contributed by atoms with van der Waals surface area (Å²) >= 11 is 1.73. The summed E-state index contributed by atoms with van der Waals surface area (Å²) in [5.74, 6) is 0.620. The van der Waals surface area contributed by atoms with Crippen LogP contribution in [0.4, 0.5) is 42.9 Å². The van der Waals surface area contributed by atoms with Crippen LogP contribution in [-0.2, 0) is 0 Å². The maximum Gasteiger partial charge on any atom is 0.159 e. The summed E-state index contributed by atoms with van der Waals surface area (Å²) in [7, 11) is 0. The molecular formula is C56H34F2N6S. The molecule has 0 unspecified atom stereocenters. The van der Waals surface area contributed by atoms with Gasteiger partial charge in [0.1, 0.15) is 11.6 Å². The standard InChI is InChI=1S/C56H34F2N6S/c57-40-15-21-42(22-16-40)63(44-19-12-35-6-1-3-8-37(35)28-44)46-31-59-55(60-32-46)39-14-25-48-50-26-27-51(49-10-5-11-52(54(49)50)65-53(48)30-39)56-61-33-47(34-62-56)64(43-23-17-41(58)18-24-43)45-20-13-36-7-2-4-9-38(36)29-45/h1-34H. The predicted molar refractivity (Wildman–Crippen MR) is 260 cm³/mol. The Bertz CT molecular complexity index is 3600. The Kier molecular flexibility index (Phi) is 9.35. The molecule has 0 aliphatic carbocycles. The molecule has 0 N–H and O–H groups in total. The first-order valence-electron chi connectivity index (χ1n) is 21.1. The Morgan fingerprint density at radius 2 is 0.846 bits per heavy atom. The van der Waals surface area contributed by atoms with E-state index in [4.69, 9.17) is 19.9 Å². The van der Waals surface area contributed by atoms with Crippen LogP contribution in [0.5, 0.6) is 0 Å². The second-order valence-electron chi connectivity index (χ2n) is 15.9. The molecular weight excluding hydrogens is 827 g/mol. The highest BCUT2D eigenvalue weighted by molar-refractivity contribution is 7.99. The topological polar surface area (TPSA) is 58.0 Å². The highest BCUT2D eigenvalue weighted by Crippen LogP contribution is 2.50. The highest BCUT2D eigenvalue weighted by Gasteiger charge is 2.23. The average Bonchev–Trinajstić information content (AvgIpc) is 3.36. The zero-order valence-electron chi connectivity index (χ0n) is 34.5. The maximum absolute atomic E-state index is 14.1. The number of halogens is 2. The van der Waals surface area contributed by atoms with Crippen molar-refractivity contribution < 1.29 is 8.78 Å². The molecule has 12 rings (SSSR count). The van der Waals surface area contributed by atoms with E-state index in [0.717, 1.165) is 98.5 Å². The van der Waals surface area contributed by atoms with Crippen LogP contribution in [-0.4, -0.2) is 19.9 Å². The molecule has 2 aromatic heterocycles. The van der Waals surface area contributed by atoms with Gasteiger partial charge < -0.3 is 9.80 Å². The van der Waals surface area contributed by atoms with Crippen LogP contribution in [0.3, 0.4) is 0 Å². The van der Waals surface area contributed by atoms with Crippen molar-refractivity contribution in [1.82, 2.24) is 19.9 Å². The maximum atomic E-state index is 14.1. The van der Waals surface area contributed by atoms with Crippen molar-refractivity contribution in [3.8, 4) is 33.9 Å². The van der Waals surface area contributed by atoms with E-state index in [2.05, 4.69) is 109 Å². The molecule has 0 atom stereocenters. The Morgan fingerprint density at radius 3 is 1.42 bits per heavy atom. The predicted octanol–water partition coefficient (Wildman–Crippen LogP) is 15.4. The third-order valence-electron chi connectivity index (χ3n) is 11.9. The van der Waals surface area contributed by atoms with Crippen molar-refractivity contribution in [3.05, 3.63) is 218 Å². The van der Waals surface area contributed by atoms with Gasteiger partial charge in [0.15, 0.2) is 11.6 Å². The Balaban J connectivity index is 0.860. The molecule has 1 aliphatic rings. The van der Waals surface area contributed by atoms with E-state index in [1.165, 1.54) is 24.3 Å². The average molecular weight is 861 g/mol. The zero-order chi connectivity index (χ0) is 43.4. The number of fused-ring (bicyclic) bond motifs is 4. The van der Waals surface area contributed by atoms with E-state index in [-0.39, 0.29) is 11.6 Å². The number of anilines is 6. The van der Waals surface area contributed by atoms with Crippen LogP contribution in [0.25, 0.3) is 66.2 Å². The number of benzene rings is 9. The van der Waals surface area contributed by atoms with Gasteiger partial charge >= 0.3 is 0 Å². The Labute approximate surface area is 377 Å². The minimum atomic E-state index is -0.299. The fourth-order valence-electron chi connectivity index (χ4n) is 8.83. The lowest BCUT2D eigenvalue weighted by Crippen LogP contribution is -2.11. The lowest BCUT2D eigenvalue weighted by Gasteiger charge is -2.25. The summed E-state index contributed by atoms with van der Waals surface area (Å²) in [4.78, 5) is 26.0. The van der Waals surface area contributed by atoms with Crippen molar-refractivity contribution in [3.63, 3.8) is 0 Å². The Morgan fingerprint density at radius 1 is 0.354 bits per heavy atom. The highest BCUT2D eigenvalue weighted by atomic mass is 32.2. The molecule has 0 saturated carbocycles. The Hall–Kier alpha value is -8.27. The van der Waals surface area contributed by atoms with Gasteiger partial charge in [0.25, 0.3) is 0 Å². The van der Waals surface area contributed by atoms with Gasteiger partial charge in [-0.2, -0.15) is 0 Å². The third kappa shape index (κ3) is 6.99. The van der Waals surface area contributed by atoms with Gasteiger partial charge in [-0.3, -0.25) is 0 Å².